The van der Waals surface area contributed by atoms with Gasteiger partial charge >= 0.3 is 12.1 Å². The molecule has 2 aromatic rings. The number of ether oxygens (including phenoxy) is 1. The molecule has 0 saturated carbocycles. The lowest BCUT2D eigenvalue weighted by Gasteiger charge is -2.16. The molecule has 0 unspecified atom stereocenters. The fourth-order valence-electron chi connectivity index (χ4n) is 2.18. The number of hydrogen-bond donors (Lipinski definition) is 1. The maximum Gasteiger partial charge on any atom is 0.416 e. The number of hydrogen-bond acceptors (Lipinski definition) is 4. The van der Waals surface area contributed by atoms with Crippen molar-refractivity contribution in [2.75, 3.05) is 24.3 Å². The maximum absolute atomic E-state index is 12.5. The van der Waals surface area contributed by atoms with Gasteiger partial charge in [0, 0.05) is 25.5 Å². The standard InChI is InChI=1S/C19H19F3N2O3/c1-12(27-18(26)13-5-4-6-16(11-13)24(2)3)17(25)23-15-9-7-14(8-10-15)19(20,21)22/h4-12H,1-3H3,(H,23,25)/t12-/m0/s1. The molecule has 1 amide bonds. The van der Waals surface area contributed by atoms with Crippen molar-refractivity contribution in [2.45, 2.75) is 19.2 Å². The smallest absolute Gasteiger partial charge is 0.416 e. The van der Waals surface area contributed by atoms with Crippen molar-refractivity contribution in [1.82, 2.24) is 0 Å². The number of carbonyl (C=O) groups is 2. The number of carbonyl (C=O) groups excluding carboxylic acids is 2. The fraction of sp³-hybridized carbons (Fsp3) is 0.263. The third kappa shape index (κ3) is 5.47. The molecule has 0 bridgehead atoms. The van der Waals surface area contributed by atoms with Gasteiger partial charge in [-0.05, 0) is 49.4 Å². The van der Waals surface area contributed by atoms with Gasteiger partial charge in [0.15, 0.2) is 6.10 Å². The Balaban J connectivity index is 1.99. The summed E-state index contributed by atoms with van der Waals surface area (Å²) >= 11 is 0. The highest BCUT2D eigenvalue weighted by atomic mass is 19.4. The SMILES string of the molecule is C[C@H](OC(=O)c1cccc(N(C)C)c1)C(=O)Nc1ccc(C(F)(F)F)cc1. The summed E-state index contributed by atoms with van der Waals surface area (Å²) in [6, 6.07) is 10.7. The van der Waals surface area contributed by atoms with E-state index in [9.17, 15) is 22.8 Å². The van der Waals surface area contributed by atoms with Crippen molar-refractivity contribution in [1.29, 1.82) is 0 Å². The summed E-state index contributed by atoms with van der Waals surface area (Å²) in [5.41, 5.74) is 0.438. The summed E-state index contributed by atoms with van der Waals surface area (Å²) in [7, 11) is 3.65. The van der Waals surface area contributed by atoms with Gasteiger partial charge in [-0.1, -0.05) is 6.07 Å². The van der Waals surface area contributed by atoms with E-state index in [-0.39, 0.29) is 11.3 Å². The summed E-state index contributed by atoms with van der Waals surface area (Å²) in [6.07, 6.45) is -5.57. The molecule has 0 saturated heterocycles. The van der Waals surface area contributed by atoms with Gasteiger partial charge in [0.05, 0.1) is 11.1 Å². The molecule has 0 fully saturated rings. The highest BCUT2D eigenvalue weighted by Crippen LogP contribution is 2.29. The van der Waals surface area contributed by atoms with Crippen LogP contribution >= 0.6 is 0 Å². The molecule has 5 nitrogen and oxygen atoms in total. The van der Waals surface area contributed by atoms with Crippen LogP contribution in [0.15, 0.2) is 48.5 Å². The second kappa shape index (κ2) is 8.11. The van der Waals surface area contributed by atoms with Crippen LogP contribution in [-0.4, -0.2) is 32.1 Å². The average Bonchev–Trinajstić information content (AvgIpc) is 2.61. The molecule has 0 aliphatic heterocycles. The van der Waals surface area contributed by atoms with Crippen LogP contribution in [-0.2, 0) is 15.7 Å². The molecule has 0 heterocycles. The predicted octanol–water partition coefficient (Wildman–Crippen LogP) is 3.96. The van der Waals surface area contributed by atoms with Crippen molar-refractivity contribution in [2.24, 2.45) is 0 Å². The zero-order valence-electron chi connectivity index (χ0n) is 15.0. The number of amides is 1. The fourth-order valence-corrected chi connectivity index (χ4v) is 2.18. The van der Waals surface area contributed by atoms with Gasteiger partial charge in [0.25, 0.3) is 5.91 Å². The Hall–Kier alpha value is -3.03. The topological polar surface area (TPSA) is 58.6 Å². The minimum atomic E-state index is -4.45. The minimum Gasteiger partial charge on any atom is -0.449 e. The quantitative estimate of drug-likeness (QED) is 0.798. The zero-order chi connectivity index (χ0) is 20.2. The lowest BCUT2D eigenvalue weighted by atomic mass is 10.2. The van der Waals surface area contributed by atoms with E-state index in [0.717, 1.165) is 30.0 Å². The molecule has 27 heavy (non-hydrogen) atoms. The van der Waals surface area contributed by atoms with E-state index in [1.54, 1.807) is 18.2 Å². The van der Waals surface area contributed by atoms with Crippen molar-refractivity contribution in [3.05, 3.63) is 59.7 Å². The molecule has 0 radical (unpaired) electrons. The second-order valence-electron chi connectivity index (χ2n) is 6.06. The number of nitrogens with zero attached hydrogens (tertiary/aromatic N) is 1. The van der Waals surface area contributed by atoms with Crippen molar-refractivity contribution < 1.29 is 27.5 Å². The lowest BCUT2D eigenvalue weighted by Crippen LogP contribution is -2.30. The van der Waals surface area contributed by atoms with Gasteiger partial charge in [-0.3, -0.25) is 4.79 Å². The average molecular weight is 380 g/mol. The van der Waals surface area contributed by atoms with Crippen molar-refractivity contribution in [3.8, 4) is 0 Å². The Bertz CT molecular complexity index is 818. The largest absolute Gasteiger partial charge is 0.449 e. The third-order valence-corrected chi connectivity index (χ3v) is 3.73. The van der Waals surface area contributed by atoms with Crippen LogP contribution in [0.1, 0.15) is 22.8 Å². The molecule has 2 rings (SSSR count). The highest BCUT2D eigenvalue weighted by molar-refractivity contribution is 5.97. The van der Waals surface area contributed by atoms with Gasteiger partial charge < -0.3 is 15.0 Å². The molecule has 8 heteroatoms. The van der Waals surface area contributed by atoms with Gasteiger partial charge in [0.2, 0.25) is 0 Å². The Labute approximate surface area is 154 Å². The minimum absolute atomic E-state index is 0.172. The number of rotatable bonds is 5. The van der Waals surface area contributed by atoms with Gasteiger partial charge in [-0.2, -0.15) is 13.2 Å². The Morgan fingerprint density at radius 2 is 1.70 bits per heavy atom. The number of esters is 1. The zero-order valence-corrected chi connectivity index (χ0v) is 15.0. The van der Waals surface area contributed by atoms with E-state index >= 15 is 0 Å². The maximum atomic E-state index is 12.5. The van der Waals surface area contributed by atoms with Gasteiger partial charge in [-0.25, -0.2) is 4.79 Å². The molecule has 0 aromatic heterocycles. The lowest BCUT2D eigenvalue weighted by molar-refractivity contribution is -0.137. The van der Waals surface area contributed by atoms with E-state index in [2.05, 4.69) is 5.32 Å². The molecule has 144 valence electrons. The Kier molecular flexibility index (Phi) is 6.09. The van der Waals surface area contributed by atoms with Gasteiger partial charge in [-0.15, -0.1) is 0 Å². The van der Waals surface area contributed by atoms with Crippen molar-refractivity contribution >= 4 is 23.3 Å². The van der Waals surface area contributed by atoms with Crippen LogP contribution in [0.3, 0.4) is 0 Å². The van der Waals surface area contributed by atoms with Crippen LogP contribution in [0.25, 0.3) is 0 Å². The molecule has 0 spiro atoms. The first kappa shape index (κ1) is 20.3. The van der Waals surface area contributed by atoms with Crippen LogP contribution in [0, 0.1) is 0 Å². The second-order valence-corrected chi connectivity index (χ2v) is 6.06. The van der Waals surface area contributed by atoms with Crippen LogP contribution in [0.5, 0.6) is 0 Å². The Morgan fingerprint density at radius 1 is 1.07 bits per heavy atom. The van der Waals surface area contributed by atoms with E-state index in [0.29, 0.717) is 0 Å². The summed E-state index contributed by atoms with van der Waals surface area (Å²) in [5.74, 6) is -1.32. The van der Waals surface area contributed by atoms with Crippen molar-refractivity contribution in [3.63, 3.8) is 0 Å². The first-order chi connectivity index (χ1) is 12.6. The summed E-state index contributed by atoms with van der Waals surface area (Å²) in [6.45, 7) is 1.38. The summed E-state index contributed by atoms with van der Waals surface area (Å²) in [5, 5.41) is 2.42. The highest BCUT2D eigenvalue weighted by Gasteiger charge is 2.30. The molecule has 0 aliphatic rings. The molecule has 0 aliphatic carbocycles. The third-order valence-electron chi connectivity index (χ3n) is 3.73. The van der Waals surface area contributed by atoms with Crippen LogP contribution in [0.2, 0.25) is 0 Å². The first-order valence-corrected chi connectivity index (χ1v) is 8.04. The van der Waals surface area contributed by atoms with E-state index in [4.69, 9.17) is 4.74 Å². The van der Waals surface area contributed by atoms with Gasteiger partial charge in [0.1, 0.15) is 0 Å². The van der Waals surface area contributed by atoms with Crippen LogP contribution in [0.4, 0.5) is 24.5 Å². The van der Waals surface area contributed by atoms with E-state index in [1.165, 1.54) is 6.92 Å². The normalized spacial score (nSPS) is 12.2. The summed E-state index contributed by atoms with van der Waals surface area (Å²) in [4.78, 5) is 26.1. The number of benzene rings is 2. The molecular weight excluding hydrogens is 361 g/mol. The number of anilines is 2. The van der Waals surface area contributed by atoms with Crippen LogP contribution < -0.4 is 10.2 Å². The molecule has 2 aromatic carbocycles. The molecule has 1 N–H and O–H groups in total. The number of nitrogens with one attached hydrogen (secondary N) is 1. The predicted molar refractivity (Wildman–Crippen MR) is 95.7 cm³/mol. The first-order valence-electron chi connectivity index (χ1n) is 8.04. The Morgan fingerprint density at radius 3 is 2.26 bits per heavy atom. The van der Waals surface area contributed by atoms with E-state index in [1.807, 2.05) is 25.1 Å². The molecule has 1 atom stereocenters. The molecular formula is C19H19F3N2O3. The monoisotopic (exact) mass is 380 g/mol. The number of alkyl halides is 3. The van der Waals surface area contributed by atoms with E-state index < -0.39 is 29.7 Å². The number of halogens is 3. The summed E-state index contributed by atoms with van der Waals surface area (Å²) < 4.78 is 42.8.